The number of aliphatic hydroxyl groups is 1. The van der Waals surface area contributed by atoms with Gasteiger partial charge in [0.1, 0.15) is 19.3 Å². The van der Waals surface area contributed by atoms with E-state index in [1.807, 2.05) is 0 Å². The third-order valence-electron chi connectivity index (χ3n) is 20.8. The number of hydrogen-bond donors (Lipinski definition) is 3. The second-order valence-corrected chi connectivity index (χ2v) is 34.9. The highest BCUT2D eigenvalue weighted by Gasteiger charge is 2.30. The fourth-order valence-corrected chi connectivity index (χ4v) is 15.1. The van der Waals surface area contributed by atoms with E-state index < -0.39 is 97.5 Å². The number of hydrogen-bond acceptors (Lipinski definition) is 15. The predicted molar refractivity (Wildman–Crippen MR) is 437 cm³/mol. The summed E-state index contributed by atoms with van der Waals surface area (Å²) in [4.78, 5) is 73.3. The van der Waals surface area contributed by atoms with E-state index in [9.17, 15) is 43.2 Å². The zero-order chi connectivity index (χ0) is 77.8. The number of rotatable bonds is 86. The average molecular weight is 1550 g/mol. The number of ether oxygens (including phenoxy) is 4. The third-order valence-corrected chi connectivity index (χ3v) is 22.7. The van der Waals surface area contributed by atoms with Gasteiger partial charge in [0.05, 0.1) is 26.4 Å². The lowest BCUT2D eigenvalue weighted by atomic mass is 10.00. The molecule has 0 bridgehead atoms. The third kappa shape index (κ3) is 78.7. The fourth-order valence-electron chi connectivity index (χ4n) is 13.6. The number of carbonyl (C=O) groups excluding carboxylic acids is 4. The average Bonchev–Trinajstić information content (AvgIpc) is 0.902. The molecule has 6 atom stereocenters. The molecule has 3 N–H and O–H groups in total. The SMILES string of the molecule is CCCCCCCCCCCCCCCCCCCCCCC(=O)O[C@H](COC(=O)CCCCCCCCCCCCCCCCCCCCC)COP(=O)(O)OC[C@@H](O)COP(=O)(O)OC[C@@H](COC(=O)CCCCCCCCC(C)CC)OC(=O)CCCCCCCCCCCCCCCCC(C)C. The lowest BCUT2D eigenvalue weighted by Gasteiger charge is -2.21. The van der Waals surface area contributed by atoms with Crippen molar-refractivity contribution in [3.63, 3.8) is 0 Å². The van der Waals surface area contributed by atoms with Crippen molar-refractivity contribution in [3.05, 3.63) is 0 Å². The van der Waals surface area contributed by atoms with Crippen LogP contribution in [0, 0.1) is 11.8 Å². The van der Waals surface area contributed by atoms with Gasteiger partial charge in [0.15, 0.2) is 12.2 Å². The monoisotopic (exact) mass is 1550 g/mol. The second-order valence-electron chi connectivity index (χ2n) is 32.0. The topological polar surface area (TPSA) is 237 Å². The van der Waals surface area contributed by atoms with Crippen molar-refractivity contribution in [2.75, 3.05) is 39.6 Å². The van der Waals surface area contributed by atoms with Crippen molar-refractivity contribution >= 4 is 39.5 Å². The molecule has 0 aliphatic rings. The molecule has 17 nitrogen and oxygen atoms in total. The van der Waals surface area contributed by atoms with Crippen molar-refractivity contribution in [3.8, 4) is 0 Å². The Morgan fingerprint density at radius 2 is 0.481 bits per heavy atom. The summed E-state index contributed by atoms with van der Waals surface area (Å²) in [6, 6.07) is 0. The highest BCUT2D eigenvalue weighted by molar-refractivity contribution is 7.47. The molecule has 0 saturated heterocycles. The van der Waals surface area contributed by atoms with Gasteiger partial charge >= 0.3 is 39.5 Å². The lowest BCUT2D eigenvalue weighted by Crippen LogP contribution is -2.30. The van der Waals surface area contributed by atoms with Gasteiger partial charge in [-0.1, -0.05) is 414 Å². The van der Waals surface area contributed by atoms with Crippen LogP contribution in [0.5, 0.6) is 0 Å². The molecule has 0 aromatic carbocycles. The molecule has 0 aliphatic carbocycles. The molecule has 0 aromatic rings. The standard InChI is InChI=1S/C87H170O17P2/c1-7-10-12-14-16-18-20-22-24-26-28-30-32-34-39-43-47-51-59-65-71-86(91)103-82(75-97-84(89)69-63-57-50-46-42-38-33-31-29-27-25-23-21-19-17-15-13-11-8-2)77-101-105(93,94)99-73-81(88)74-100-106(95,96)102-78-83(76-98-85(90)70-64-58-54-53-56-62-68-80(6)9-3)104-87(92)72-66-60-52-48-44-40-36-35-37-41-45-49-55-61-67-79(4)5/h79-83,88H,7-78H2,1-6H3,(H,93,94)(H,95,96)/t80?,81-,82-,83-/m1/s1. The molecule has 19 heteroatoms. The van der Waals surface area contributed by atoms with Gasteiger partial charge in [-0.15, -0.1) is 0 Å². The zero-order valence-electron chi connectivity index (χ0n) is 69.7. The Kier molecular flexibility index (Phi) is 76.9. The summed E-state index contributed by atoms with van der Waals surface area (Å²) < 4.78 is 68.9. The van der Waals surface area contributed by atoms with Gasteiger partial charge in [0, 0.05) is 25.7 Å². The molecule has 0 aromatic heterocycles. The number of phosphoric acid groups is 2. The molecule has 0 aliphatic heterocycles. The second kappa shape index (κ2) is 78.3. The molecule has 630 valence electrons. The number of phosphoric ester groups is 2. The van der Waals surface area contributed by atoms with Gasteiger partial charge in [0.25, 0.3) is 0 Å². The number of carbonyl (C=O) groups is 4. The zero-order valence-corrected chi connectivity index (χ0v) is 71.5. The first-order chi connectivity index (χ1) is 51.4. The van der Waals surface area contributed by atoms with Crippen LogP contribution in [-0.4, -0.2) is 96.7 Å². The van der Waals surface area contributed by atoms with Crippen LogP contribution in [0.1, 0.15) is 465 Å². The van der Waals surface area contributed by atoms with E-state index in [0.717, 1.165) is 108 Å². The van der Waals surface area contributed by atoms with Crippen LogP contribution in [0.3, 0.4) is 0 Å². The van der Waals surface area contributed by atoms with Crippen LogP contribution in [0.2, 0.25) is 0 Å². The van der Waals surface area contributed by atoms with Crippen molar-refractivity contribution in [2.45, 2.75) is 484 Å². The predicted octanol–water partition coefficient (Wildman–Crippen LogP) is 26.6. The fraction of sp³-hybridized carbons (Fsp3) is 0.954. The first-order valence-electron chi connectivity index (χ1n) is 45.0. The molecule has 0 saturated carbocycles. The normalized spacial score (nSPS) is 14.1. The van der Waals surface area contributed by atoms with Crippen LogP contribution in [0.4, 0.5) is 0 Å². The van der Waals surface area contributed by atoms with Gasteiger partial charge in [-0.2, -0.15) is 0 Å². The Labute approximate surface area is 651 Å². The molecule has 106 heavy (non-hydrogen) atoms. The summed E-state index contributed by atoms with van der Waals surface area (Å²) in [5.41, 5.74) is 0. The quantitative estimate of drug-likeness (QED) is 0.0222. The first-order valence-corrected chi connectivity index (χ1v) is 48.0. The van der Waals surface area contributed by atoms with Crippen LogP contribution in [-0.2, 0) is 65.4 Å². The molecule has 0 heterocycles. The maximum absolute atomic E-state index is 13.2. The minimum atomic E-state index is -4.97. The van der Waals surface area contributed by atoms with E-state index in [1.165, 1.54) is 276 Å². The minimum absolute atomic E-state index is 0.107. The Bertz CT molecular complexity index is 2030. The summed E-state index contributed by atoms with van der Waals surface area (Å²) in [7, 11) is -9.93. The van der Waals surface area contributed by atoms with Crippen molar-refractivity contribution in [1.29, 1.82) is 0 Å². The molecule has 0 amide bonds. The maximum atomic E-state index is 13.2. The van der Waals surface area contributed by atoms with Gasteiger partial charge in [0.2, 0.25) is 0 Å². The highest BCUT2D eigenvalue weighted by atomic mass is 31.2. The van der Waals surface area contributed by atoms with Crippen LogP contribution >= 0.6 is 15.6 Å². The van der Waals surface area contributed by atoms with E-state index in [-0.39, 0.29) is 25.7 Å². The molecule has 0 fully saturated rings. The molecule has 0 rings (SSSR count). The van der Waals surface area contributed by atoms with E-state index >= 15 is 0 Å². The molecule has 0 spiro atoms. The van der Waals surface area contributed by atoms with Gasteiger partial charge in [-0.05, 0) is 37.5 Å². The smallest absolute Gasteiger partial charge is 0.462 e. The molecular formula is C87H170O17P2. The summed E-state index contributed by atoms with van der Waals surface area (Å²) in [5, 5.41) is 10.7. The van der Waals surface area contributed by atoms with Crippen molar-refractivity contribution in [2.24, 2.45) is 11.8 Å². The van der Waals surface area contributed by atoms with E-state index in [0.29, 0.717) is 25.7 Å². The van der Waals surface area contributed by atoms with E-state index in [2.05, 4.69) is 41.5 Å². The summed E-state index contributed by atoms with van der Waals surface area (Å²) in [6.45, 7) is 9.66. The summed E-state index contributed by atoms with van der Waals surface area (Å²) in [5.74, 6) is -0.577. The van der Waals surface area contributed by atoms with Crippen LogP contribution in [0.15, 0.2) is 0 Å². The number of aliphatic hydroxyl groups excluding tert-OH is 1. The number of esters is 4. The minimum Gasteiger partial charge on any atom is -0.462 e. The molecule has 0 radical (unpaired) electrons. The summed E-state index contributed by atoms with van der Waals surface area (Å²) >= 11 is 0. The number of unbranched alkanes of at least 4 members (excludes halogenated alkanes) is 55. The first kappa shape index (κ1) is 104. The lowest BCUT2D eigenvalue weighted by molar-refractivity contribution is -0.161. The van der Waals surface area contributed by atoms with Crippen molar-refractivity contribution in [1.82, 2.24) is 0 Å². The maximum Gasteiger partial charge on any atom is 0.472 e. The van der Waals surface area contributed by atoms with E-state index in [1.54, 1.807) is 0 Å². The highest BCUT2D eigenvalue weighted by Crippen LogP contribution is 2.45. The van der Waals surface area contributed by atoms with Crippen LogP contribution < -0.4 is 0 Å². The van der Waals surface area contributed by atoms with Crippen LogP contribution in [0.25, 0.3) is 0 Å². The molecular weight excluding hydrogens is 1380 g/mol. The Morgan fingerprint density at radius 3 is 0.717 bits per heavy atom. The largest absolute Gasteiger partial charge is 0.472 e. The Hall–Kier alpha value is -1.94. The molecule has 3 unspecified atom stereocenters. The van der Waals surface area contributed by atoms with Crippen molar-refractivity contribution < 1.29 is 80.2 Å². The Balaban J connectivity index is 5.23. The van der Waals surface area contributed by atoms with Gasteiger partial charge < -0.3 is 33.8 Å². The van der Waals surface area contributed by atoms with E-state index in [4.69, 9.17) is 37.0 Å². The van der Waals surface area contributed by atoms with Gasteiger partial charge in [-0.25, -0.2) is 9.13 Å². The Morgan fingerprint density at radius 1 is 0.274 bits per heavy atom. The summed E-state index contributed by atoms with van der Waals surface area (Å²) in [6.07, 6.45) is 70.9. The van der Waals surface area contributed by atoms with Gasteiger partial charge in [-0.3, -0.25) is 37.3 Å².